The summed E-state index contributed by atoms with van der Waals surface area (Å²) in [4.78, 5) is 19.6. The predicted octanol–water partition coefficient (Wildman–Crippen LogP) is 4.16. The Morgan fingerprint density at radius 3 is 2.71 bits per heavy atom. The lowest BCUT2D eigenvalue weighted by Crippen LogP contribution is -2.40. The molecule has 0 aliphatic carbocycles. The Morgan fingerprint density at radius 1 is 1.18 bits per heavy atom. The third-order valence-electron chi connectivity index (χ3n) is 5.13. The Bertz CT molecular complexity index is 993. The van der Waals surface area contributed by atoms with Crippen molar-refractivity contribution in [3.8, 4) is 0 Å². The Hall–Kier alpha value is -2.37. The second-order valence-corrected chi connectivity index (χ2v) is 7.47. The normalized spacial score (nSPS) is 14.6. The molecular formula is C22H24ClN3O2. The lowest BCUT2D eigenvalue weighted by atomic mass is 10.1. The zero-order chi connectivity index (χ0) is 19.5. The van der Waals surface area contributed by atoms with Gasteiger partial charge in [0.15, 0.2) is 0 Å². The maximum Gasteiger partial charge on any atom is 0.254 e. The van der Waals surface area contributed by atoms with E-state index >= 15 is 0 Å². The van der Waals surface area contributed by atoms with Crippen LogP contribution in [0, 0.1) is 0 Å². The zero-order valence-corrected chi connectivity index (χ0v) is 16.8. The van der Waals surface area contributed by atoms with Gasteiger partial charge in [-0.25, -0.2) is 4.98 Å². The van der Waals surface area contributed by atoms with Crippen LogP contribution in [0.4, 0.5) is 0 Å². The number of halogens is 1. The van der Waals surface area contributed by atoms with Crippen LogP contribution in [-0.2, 0) is 17.7 Å². The highest BCUT2D eigenvalue weighted by molar-refractivity contribution is 6.31. The minimum absolute atomic E-state index is 0.0488. The third kappa shape index (κ3) is 3.77. The van der Waals surface area contributed by atoms with Crippen LogP contribution in [0.1, 0.15) is 35.1 Å². The predicted molar refractivity (Wildman–Crippen MR) is 111 cm³/mol. The van der Waals surface area contributed by atoms with E-state index in [9.17, 15) is 4.79 Å². The molecule has 0 spiro atoms. The number of nitrogens with zero attached hydrogens (tertiary/aromatic N) is 3. The maximum absolute atomic E-state index is 12.9. The molecule has 2 aromatic carbocycles. The van der Waals surface area contributed by atoms with E-state index in [0.717, 1.165) is 40.3 Å². The quantitative estimate of drug-likeness (QED) is 0.649. The molecule has 28 heavy (non-hydrogen) atoms. The maximum atomic E-state index is 12.9. The van der Waals surface area contributed by atoms with Crippen LogP contribution in [0.25, 0.3) is 11.0 Å². The molecule has 1 aliphatic rings. The molecule has 0 N–H and O–H groups in total. The summed E-state index contributed by atoms with van der Waals surface area (Å²) in [5.74, 6) is 1.07. The van der Waals surface area contributed by atoms with Crippen LogP contribution in [0.5, 0.6) is 0 Å². The van der Waals surface area contributed by atoms with E-state index in [1.54, 1.807) is 0 Å². The van der Waals surface area contributed by atoms with E-state index in [1.807, 2.05) is 47.4 Å². The Labute approximate surface area is 169 Å². The Balaban J connectivity index is 1.74. The van der Waals surface area contributed by atoms with Gasteiger partial charge in [-0.2, -0.15) is 0 Å². The van der Waals surface area contributed by atoms with Crippen molar-refractivity contribution in [1.82, 2.24) is 14.5 Å². The molecule has 5 nitrogen and oxygen atoms in total. The number of aryl methyl sites for hydroxylation is 1. The van der Waals surface area contributed by atoms with Crippen LogP contribution < -0.4 is 0 Å². The van der Waals surface area contributed by atoms with E-state index in [2.05, 4.69) is 11.5 Å². The number of rotatable bonds is 5. The summed E-state index contributed by atoms with van der Waals surface area (Å²) in [6.45, 7) is 5.25. The second kappa shape index (κ2) is 8.33. The van der Waals surface area contributed by atoms with Crippen molar-refractivity contribution in [3.63, 3.8) is 0 Å². The summed E-state index contributed by atoms with van der Waals surface area (Å²) in [7, 11) is 0. The minimum atomic E-state index is 0.0488. The highest BCUT2D eigenvalue weighted by Gasteiger charge is 2.20. The van der Waals surface area contributed by atoms with E-state index in [1.165, 1.54) is 0 Å². The average molecular weight is 398 g/mol. The van der Waals surface area contributed by atoms with Crippen LogP contribution in [0.3, 0.4) is 0 Å². The van der Waals surface area contributed by atoms with Gasteiger partial charge >= 0.3 is 0 Å². The van der Waals surface area contributed by atoms with Crippen LogP contribution in [0.2, 0.25) is 5.02 Å². The first-order chi connectivity index (χ1) is 13.7. The number of hydrogen-bond acceptors (Lipinski definition) is 3. The number of carbonyl (C=O) groups is 1. The molecular weight excluding hydrogens is 374 g/mol. The van der Waals surface area contributed by atoms with Gasteiger partial charge in [0.1, 0.15) is 5.82 Å². The first kappa shape index (κ1) is 19.0. The molecule has 0 saturated carbocycles. The number of morpholine rings is 1. The van der Waals surface area contributed by atoms with E-state index in [0.29, 0.717) is 38.4 Å². The number of imidazole rings is 1. The monoisotopic (exact) mass is 397 g/mol. The molecule has 0 bridgehead atoms. The van der Waals surface area contributed by atoms with Crippen molar-refractivity contribution in [2.24, 2.45) is 0 Å². The largest absolute Gasteiger partial charge is 0.378 e. The molecule has 146 valence electrons. The van der Waals surface area contributed by atoms with Crippen molar-refractivity contribution in [3.05, 3.63) is 64.4 Å². The SMILES string of the molecule is CCCc1nc2ccc(C(=O)N3CCOCC3)cc2n1Cc1ccccc1Cl. The fraction of sp³-hybridized carbons (Fsp3) is 0.364. The van der Waals surface area contributed by atoms with Gasteiger partial charge in [0.25, 0.3) is 5.91 Å². The molecule has 4 rings (SSSR count). The summed E-state index contributed by atoms with van der Waals surface area (Å²) in [6.07, 6.45) is 1.89. The van der Waals surface area contributed by atoms with Gasteiger partial charge < -0.3 is 14.2 Å². The third-order valence-corrected chi connectivity index (χ3v) is 5.50. The smallest absolute Gasteiger partial charge is 0.254 e. The van der Waals surface area contributed by atoms with Crippen LogP contribution >= 0.6 is 11.6 Å². The highest BCUT2D eigenvalue weighted by atomic mass is 35.5. The van der Waals surface area contributed by atoms with Crippen molar-refractivity contribution in [1.29, 1.82) is 0 Å². The van der Waals surface area contributed by atoms with Crippen molar-refractivity contribution < 1.29 is 9.53 Å². The van der Waals surface area contributed by atoms with Crippen molar-refractivity contribution in [2.75, 3.05) is 26.3 Å². The fourth-order valence-electron chi connectivity index (χ4n) is 3.64. The molecule has 2 heterocycles. The first-order valence-electron chi connectivity index (χ1n) is 9.77. The van der Waals surface area contributed by atoms with Gasteiger partial charge in [-0.15, -0.1) is 0 Å². The van der Waals surface area contributed by atoms with Crippen LogP contribution in [0.15, 0.2) is 42.5 Å². The van der Waals surface area contributed by atoms with Gasteiger partial charge in [0.05, 0.1) is 30.8 Å². The van der Waals surface area contributed by atoms with Gasteiger partial charge in [-0.3, -0.25) is 4.79 Å². The number of benzene rings is 2. The Morgan fingerprint density at radius 2 is 1.96 bits per heavy atom. The second-order valence-electron chi connectivity index (χ2n) is 7.06. The molecule has 1 saturated heterocycles. The van der Waals surface area contributed by atoms with Gasteiger partial charge in [-0.1, -0.05) is 36.7 Å². The van der Waals surface area contributed by atoms with Crippen LogP contribution in [-0.4, -0.2) is 46.7 Å². The topological polar surface area (TPSA) is 47.4 Å². The van der Waals surface area contributed by atoms with Gasteiger partial charge in [0.2, 0.25) is 0 Å². The lowest BCUT2D eigenvalue weighted by molar-refractivity contribution is 0.0303. The number of amides is 1. The molecule has 1 amide bonds. The number of aromatic nitrogens is 2. The molecule has 1 aromatic heterocycles. The number of fused-ring (bicyclic) bond motifs is 1. The average Bonchev–Trinajstić information content (AvgIpc) is 3.06. The molecule has 1 aliphatic heterocycles. The number of carbonyl (C=O) groups excluding carboxylic acids is 1. The van der Waals surface area contributed by atoms with Gasteiger partial charge in [0, 0.05) is 30.1 Å². The highest BCUT2D eigenvalue weighted by Crippen LogP contribution is 2.24. The van der Waals surface area contributed by atoms with Crippen molar-refractivity contribution >= 4 is 28.5 Å². The minimum Gasteiger partial charge on any atom is -0.378 e. The van der Waals surface area contributed by atoms with E-state index in [-0.39, 0.29) is 5.91 Å². The lowest BCUT2D eigenvalue weighted by Gasteiger charge is -2.26. The van der Waals surface area contributed by atoms with Crippen molar-refractivity contribution in [2.45, 2.75) is 26.3 Å². The molecule has 0 unspecified atom stereocenters. The van der Waals surface area contributed by atoms with Gasteiger partial charge in [-0.05, 0) is 36.2 Å². The zero-order valence-electron chi connectivity index (χ0n) is 16.0. The van der Waals surface area contributed by atoms with E-state index in [4.69, 9.17) is 21.3 Å². The summed E-state index contributed by atoms with van der Waals surface area (Å²) >= 11 is 6.40. The molecule has 1 fully saturated rings. The molecule has 6 heteroatoms. The summed E-state index contributed by atoms with van der Waals surface area (Å²) in [5, 5.41) is 0.743. The summed E-state index contributed by atoms with van der Waals surface area (Å²) in [6, 6.07) is 13.7. The van der Waals surface area contributed by atoms with E-state index < -0.39 is 0 Å². The standard InChI is InChI=1S/C22H24ClN3O2/c1-2-5-21-24-19-9-8-16(22(27)25-10-12-28-13-11-25)14-20(19)26(21)15-17-6-3-4-7-18(17)23/h3-4,6-9,14H,2,5,10-13,15H2,1H3. The summed E-state index contributed by atoms with van der Waals surface area (Å²) < 4.78 is 7.55. The fourth-order valence-corrected chi connectivity index (χ4v) is 3.84. The molecule has 3 aromatic rings. The molecule has 0 atom stereocenters. The Kier molecular flexibility index (Phi) is 5.64. The summed E-state index contributed by atoms with van der Waals surface area (Å²) in [5.41, 5.74) is 3.62. The first-order valence-corrected chi connectivity index (χ1v) is 10.1. The number of hydrogen-bond donors (Lipinski definition) is 0. The number of ether oxygens (including phenoxy) is 1. The molecule has 0 radical (unpaired) electrons.